The van der Waals surface area contributed by atoms with E-state index in [1.807, 2.05) is 97.1 Å². The zero-order valence-corrected chi connectivity index (χ0v) is 28.2. The topological polar surface area (TPSA) is 100 Å². The summed E-state index contributed by atoms with van der Waals surface area (Å²) in [5.74, 6) is -0.0319. The largest absolute Gasteiger partial charge is 0.381 e. The highest BCUT2D eigenvalue weighted by atomic mass is 32.2. The van der Waals surface area contributed by atoms with E-state index in [0.717, 1.165) is 51.3 Å². The Kier molecular flexibility index (Phi) is 9.19. The Morgan fingerprint density at radius 2 is 1.47 bits per heavy atom. The SMILES string of the molecule is Cc1c(C)c(C)c(S(=O)(=O)N2CCN(C(=O)CC(C)(C)n3cc(-c4cccc(NCc5ccccc5)c4)nn3)CC2)c(C)c1C. The fraction of sp³-hybridized carbons (Fsp3) is 0.400. The second-order valence-electron chi connectivity index (χ2n) is 12.7. The fourth-order valence-corrected chi connectivity index (χ4v) is 7.99. The molecule has 0 bridgehead atoms. The Balaban J connectivity index is 1.22. The van der Waals surface area contributed by atoms with Gasteiger partial charge in [0.2, 0.25) is 15.9 Å². The predicted octanol–water partition coefficient (Wildman–Crippen LogP) is 5.76. The maximum atomic E-state index is 13.8. The number of amides is 1. The summed E-state index contributed by atoms with van der Waals surface area (Å²) in [5, 5.41) is 12.3. The van der Waals surface area contributed by atoms with Gasteiger partial charge in [0.15, 0.2) is 0 Å². The zero-order valence-electron chi connectivity index (χ0n) is 27.4. The van der Waals surface area contributed by atoms with Crippen LogP contribution in [0.1, 0.15) is 53.6 Å². The minimum Gasteiger partial charge on any atom is -0.381 e. The molecule has 0 spiro atoms. The lowest BCUT2D eigenvalue weighted by Gasteiger charge is -2.36. The average molecular weight is 629 g/mol. The van der Waals surface area contributed by atoms with E-state index in [0.29, 0.717) is 18.0 Å². The molecule has 0 radical (unpaired) electrons. The maximum Gasteiger partial charge on any atom is 0.243 e. The molecule has 1 aromatic heterocycles. The van der Waals surface area contributed by atoms with Crippen LogP contribution in [0.4, 0.5) is 5.69 Å². The van der Waals surface area contributed by atoms with Gasteiger partial charge in [0, 0.05) is 44.0 Å². The van der Waals surface area contributed by atoms with Gasteiger partial charge in [-0.3, -0.25) is 4.79 Å². The van der Waals surface area contributed by atoms with E-state index in [2.05, 4.69) is 27.8 Å². The van der Waals surface area contributed by atoms with Gasteiger partial charge in [-0.1, -0.05) is 47.7 Å². The summed E-state index contributed by atoms with van der Waals surface area (Å²) in [4.78, 5) is 15.6. The minimum absolute atomic E-state index is 0.0319. The molecule has 1 fully saturated rings. The van der Waals surface area contributed by atoms with Crippen molar-refractivity contribution in [2.45, 2.75) is 71.9 Å². The molecule has 0 saturated carbocycles. The molecule has 5 rings (SSSR count). The molecule has 4 aromatic rings. The lowest BCUT2D eigenvalue weighted by atomic mass is 9.95. The normalized spacial score (nSPS) is 14.5. The van der Waals surface area contributed by atoms with Gasteiger partial charge in [0.25, 0.3) is 0 Å². The Hall–Kier alpha value is -4.02. The van der Waals surface area contributed by atoms with Crippen molar-refractivity contribution >= 4 is 21.6 Å². The van der Waals surface area contributed by atoms with Crippen LogP contribution in [0.15, 0.2) is 65.7 Å². The molecule has 3 aromatic carbocycles. The molecule has 0 aliphatic carbocycles. The Morgan fingerprint density at radius 1 is 0.844 bits per heavy atom. The smallest absolute Gasteiger partial charge is 0.243 e. The first-order chi connectivity index (χ1) is 21.3. The number of sulfonamides is 1. The molecule has 1 aliphatic rings. The van der Waals surface area contributed by atoms with E-state index in [1.165, 1.54) is 9.87 Å². The number of carbonyl (C=O) groups excluding carboxylic acids is 1. The van der Waals surface area contributed by atoms with Crippen LogP contribution in [0.3, 0.4) is 0 Å². The number of hydrogen-bond acceptors (Lipinski definition) is 6. The van der Waals surface area contributed by atoms with Gasteiger partial charge in [-0.15, -0.1) is 5.10 Å². The van der Waals surface area contributed by atoms with Crippen molar-refractivity contribution in [2.75, 3.05) is 31.5 Å². The van der Waals surface area contributed by atoms with Crippen LogP contribution in [-0.2, 0) is 26.9 Å². The highest BCUT2D eigenvalue weighted by Gasteiger charge is 2.35. The lowest BCUT2D eigenvalue weighted by molar-refractivity contribution is -0.134. The van der Waals surface area contributed by atoms with Crippen LogP contribution >= 0.6 is 0 Å². The molecule has 9 nitrogen and oxygen atoms in total. The number of carbonyl (C=O) groups is 1. The second kappa shape index (κ2) is 12.8. The molecular weight excluding hydrogens is 584 g/mol. The predicted molar refractivity (Wildman–Crippen MR) is 179 cm³/mol. The molecule has 45 heavy (non-hydrogen) atoms. The monoisotopic (exact) mass is 628 g/mol. The van der Waals surface area contributed by atoms with Crippen molar-refractivity contribution < 1.29 is 13.2 Å². The number of nitrogens with one attached hydrogen (secondary N) is 1. The van der Waals surface area contributed by atoms with Crippen molar-refractivity contribution in [2.24, 2.45) is 0 Å². The van der Waals surface area contributed by atoms with E-state index in [9.17, 15) is 13.2 Å². The van der Waals surface area contributed by atoms with Crippen LogP contribution in [0.2, 0.25) is 0 Å². The van der Waals surface area contributed by atoms with Gasteiger partial charge in [-0.05, 0) is 94.0 Å². The van der Waals surface area contributed by atoms with Crippen molar-refractivity contribution in [3.05, 3.63) is 94.2 Å². The molecular formula is C35H44N6O3S. The summed E-state index contributed by atoms with van der Waals surface area (Å²) in [6, 6.07) is 18.3. The molecule has 1 aliphatic heterocycles. The third kappa shape index (κ3) is 6.67. The summed E-state index contributed by atoms with van der Waals surface area (Å²) in [7, 11) is -3.69. The highest BCUT2D eigenvalue weighted by molar-refractivity contribution is 7.89. The maximum absolute atomic E-state index is 13.8. The van der Waals surface area contributed by atoms with Gasteiger partial charge in [-0.2, -0.15) is 4.31 Å². The number of hydrogen-bond donors (Lipinski definition) is 1. The van der Waals surface area contributed by atoms with Crippen molar-refractivity contribution in [3.63, 3.8) is 0 Å². The summed E-state index contributed by atoms with van der Waals surface area (Å²) in [5.41, 5.74) is 7.98. The number of anilines is 1. The van der Waals surface area contributed by atoms with Gasteiger partial charge in [-0.25, -0.2) is 13.1 Å². The van der Waals surface area contributed by atoms with Gasteiger partial charge >= 0.3 is 0 Å². The first-order valence-corrected chi connectivity index (χ1v) is 16.9. The minimum atomic E-state index is -3.69. The van der Waals surface area contributed by atoms with Crippen LogP contribution in [0.25, 0.3) is 11.3 Å². The number of rotatable bonds is 9. The van der Waals surface area contributed by atoms with Crippen LogP contribution < -0.4 is 5.32 Å². The van der Waals surface area contributed by atoms with E-state index in [4.69, 9.17) is 0 Å². The number of piperazine rings is 1. The van der Waals surface area contributed by atoms with E-state index >= 15 is 0 Å². The molecule has 1 amide bonds. The Morgan fingerprint density at radius 3 is 2.11 bits per heavy atom. The quantitative estimate of drug-likeness (QED) is 0.253. The molecule has 0 unspecified atom stereocenters. The third-order valence-electron chi connectivity index (χ3n) is 9.32. The first-order valence-electron chi connectivity index (χ1n) is 15.5. The lowest BCUT2D eigenvalue weighted by Crippen LogP contribution is -2.51. The zero-order chi connectivity index (χ0) is 32.5. The average Bonchev–Trinajstić information content (AvgIpc) is 3.54. The summed E-state index contributed by atoms with van der Waals surface area (Å²) < 4.78 is 30.8. The van der Waals surface area contributed by atoms with Crippen LogP contribution in [0.5, 0.6) is 0 Å². The van der Waals surface area contributed by atoms with E-state index < -0.39 is 15.6 Å². The Labute approximate surface area is 267 Å². The second-order valence-corrected chi connectivity index (χ2v) is 14.6. The third-order valence-corrected chi connectivity index (χ3v) is 11.5. The van der Waals surface area contributed by atoms with Crippen molar-refractivity contribution in [1.82, 2.24) is 24.2 Å². The van der Waals surface area contributed by atoms with Crippen LogP contribution in [0, 0.1) is 34.6 Å². The highest BCUT2D eigenvalue weighted by Crippen LogP contribution is 2.32. The van der Waals surface area contributed by atoms with Gasteiger partial charge in [0.1, 0.15) is 5.69 Å². The standard InChI is InChI=1S/C35H44N6O3S/c1-24-25(2)27(4)34(28(5)26(24)3)45(43,44)40-18-16-39(17-19-40)33(42)21-35(6,7)41-23-32(37-38-41)30-14-11-15-31(20-30)36-22-29-12-9-8-10-13-29/h8-15,20,23,36H,16-19,21-22H2,1-7H3. The summed E-state index contributed by atoms with van der Waals surface area (Å²) in [6.07, 6.45) is 2.10. The van der Waals surface area contributed by atoms with E-state index in [1.54, 1.807) is 9.58 Å². The number of nitrogens with zero attached hydrogens (tertiary/aromatic N) is 5. The molecule has 0 atom stereocenters. The molecule has 238 valence electrons. The van der Waals surface area contributed by atoms with E-state index in [-0.39, 0.29) is 25.4 Å². The first kappa shape index (κ1) is 32.4. The molecule has 10 heteroatoms. The fourth-order valence-electron chi connectivity index (χ4n) is 6.00. The van der Waals surface area contributed by atoms with Crippen molar-refractivity contribution in [3.8, 4) is 11.3 Å². The number of benzene rings is 3. The van der Waals surface area contributed by atoms with Gasteiger partial charge in [0.05, 0.1) is 23.1 Å². The van der Waals surface area contributed by atoms with Gasteiger partial charge < -0.3 is 10.2 Å². The van der Waals surface area contributed by atoms with Crippen molar-refractivity contribution in [1.29, 1.82) is 0 Å². The Bertz CT molecular complexity index is 1780. The molecule has 1 N–H and O–H groups in total. The number of aromatic nitrogens is 3. The summed E-state index contributed by atoms with van der Waals surface area (Å²) >= 11 is 0. The molecule has 2 heterocycles. The molecule has 1 saturated heterocycles. The van der Waals surface area contributed by atoms with Crippen LogP contribution in [-0.4, -0.2) is 64.7 Å². The summed E-state index contributed by atoms with van der Waals surface area (Å²) in [6.45, 7) is 15.7.